The van der Waals surface area contributed by atoms with Crippen LogP contribution in [-0.2, 0) is 4.74 Å². The van der Waals surface area contributed by atoms with Crippen LogP contribution < -0.4 is 4.74 Å². The molecule has 1 saturated carbocycles. The van der Waals surface area contributed by atoms with Crippen molar-refractivity contribution in [3.05, 3.63) is 29.6 Å². The lowest BCUT2D eigenvalue weighted by atomic mass is 9.94. The Labute approximate surface area is 113 Å². The molecule has 19 heavy (non-hydrogen) atoms. The van der Waals surface area contributed by atoms with Gasteiger partial charge in [0.05, 0.1) is 12.2 Å². The third kappa shape index (κ3) is 3.67. The molecule has 0 aromatic heterocycles. The molecule has 1 N–H and O–H groups in total. The van der Waals surface area contributed by atoms with Crippen LogP contribution in [0, 0.1) is 5.82 Å². The van der Waals surface area contributed by atoms with E-state index < -0.39 is 6.10 Å². The molecule has 1 aromatic rings. The van der Waals surface area contributed by atoms with Crippen molar-refractivity contribution in [1.82, 2.24) is 0 Å². The van der Waals surface area contributed by atoms with E-state index in [2.05, 4.69) is 0 Å². The molecular formula is C15H21FO3. The number of hydrogen-bond acceptors (Lipinski definition) is 3. The van der Waals surface area contributed by atoms with Gasteiger partial charge in [0.2, 0.25) is 0 Å². The third-order valence-electron chi connectivity index (χ3n) is 3.63. The monoisotopic (exact) mass is 268 g/mol. The first-order chi connectivity index (χ1) is 9.10. The van der Waals surface area contributed by atoms with Crippen LogP contribution in [0.5, 0.6) is 5.75 Å². The zero-order valence-corrected chi connectivity index (χ0v) is 11.4. The molecule has 4 heteroatoms. The summed E-state index contributed by atoms with van der Waals surface area (Å²) in [5, 5.41) is 9.69. The summed E-state index contributed by atoms with van der Waals surface area (Å²) in [6.07, 6.45) is 3.49. The first kappa shape index (κ1) is 14.3. The first-order valence-corrected chi connectivity index (χ1v) is 6.77. The van der Waals surface area contributed by atoms with Crippen molar-refractivity contribution in [2.75, 3.05) is 7.11 Å². The SMILES string of the molecule is COC1CCCC(Oc2ccc(F)cc2[C@H](C)O)C1. The molecule has 3 atom stereocenters. The number of halogens is 1. The summed E-state index contributed by atoms with van der Waals surface area (Å²) < 4.78 is 24.5. The van der Waals surface area contributed by atoms with Crippen molar-refractivity contribution < 1.29 is 19.0 Å². The minimum atomic E-state index is -0.743. The van der Waals surface area contributed by atoms with Gasteiger partial charge in [-0.25, -0.2) is 4.39 Å². The highest BCUT2D eigenvalue weighted by Crippen LogP contribution is 2.30. The summed E-state index contributed by atoms with van der Waals surface area (Å²) in [7, 11) is 1.71. The van der Waals surface area contributed by atoms with Gasteiger partial charge in [0, 0.05) is 19.1 Å². The van der Waals surface area contributed by atoms with Crippen LogP contribution >= 0.6 is 0 Å². The Kier molecular flexibility index (Phi) is 4.77. The molecule has 0 aliphatic heterocycles. The van der Waals surface area contributed by atoms with E-state index in [0.717, 1.165) is 25.7 Å². The number of methoxy groups -OCH3 is 1. The van der Waals surface area contributed by atoms with Gasteiger partial charge in [-0.2, -0.15) is 0 Å². The zero-order chi connectivity index (χ0) is 13.8. The molecule has 1 fully saturated rings. The molecule has 0 bridgehead atoms. The summed E-state index contributed by atoms with van der Waals surface area (Å²) in [6.45, 7) is 1.61. The first-order valence-electron chi connectivity index (χ1n) is 6.77. The number of ether oxygens (including phenoxy) is 2. The maximum atomic E-state index is 13.2. The molecule has 0 radical (unpaired) electrons. The van der Waals surface area contributed by atoms with E-state index >= 15 is 0 Å². The standard InChI is InChI=1S/C15H21FO3/c1-10(17)14-8-11(16)6-7-15(14)19-13-5-3-4-12(9-13)18-2/h6-8,10,12-13,17H,3-5,9H2,1-2H3/t10-,12?,13?/m0/s1. The van der Waals surface area contributed by atoms with Crippen molar-refractivity contribution in [3.63, 3.8) is 0 Å². The lowest BCUT2D eigenvalue weighted by molar-refractivity contribution is 0.0199. The van der Waals surface area contributed by atoms with E-state index in [1.165, 1.54) is 12.1 Å². The van der Waals surface area contributed by atoms with Gasteiger partial charge in [-0.05, 0) is 44.4 Å². The average molecular weight is 268 g/mol. The normalized spacial score (nSPS) is 25.1. The van der Waals surface area contributed by atoms with E-state index in [4.69, 9.17) is 9.47 Å². The van der Waals surface area contributed by atoms with E-state index in [0.29, 0.717) is 11.3 Å². The van der Waals surface area contributed by atoms with Gasteiger partial charge in [0.25, 0.3) is 0 Å². The van der Waals surface area contributed by atoms with Crippen molar-refractivity contribution in [3.8, 4) is 5.75 Å². The van der Waals surface area contributed by atoms with E-state index in [-0.39, 0.29) is 18.0 Å². The highest BCUT2D eigenvalue weighted by Gasteiger charge is 2.24. The number of aliphatic hydroxyl groups is 1. The van der Waals surface area contributed by atoms with Crippen LogP contribution in [0.2, 0.25) is 0 Å². The van der Waals surface area contributed by atoms with Gasteiger partial charge in [0.1, 0.15) is 17.7 Å². The fraction of sp³-hybridized carbons (Fsp3) is 0.600. The van der Waals surface area contributed by atoms with E-state index in [1.807, 2.05) is 0 Å². The molecule has 1 aromatic carbocycles. The van der Waals surface area contributed by atoms with Crippen molar-refractivity contribution in [2.45, 2.75) is 50.9 Å². The van der Waals surface area contributed by atoms with Gasteiger partial charge in [-0.3, -0.25) is 0 Å². The Morgan fingerprint density at radius 3 is 2.74 bits per heavy atom. The van der Waals surface area contributed by atoms with Crippen LogP contribution in [-0.4, -0.2) is 24.4 Å². The van der Waals surface area contributed by atoms with Gasteiger partial charge in [-0.15, -0.1) is 0 Å². The van der Waals surface area contributed by atoms with Gasteiger partial charge in [0.15, 0.2) is 0 Å². The topological polar surface area (TPSA) is 38.7 Å². The molecule has 2 unspecified atom stereocenters. The average Bonchev–Trinajstić information content (AvgIpc) is 2.41. The molecule has 1 aliphatic rings. The fourth-order valence-corrected chi connectivity index (χ4v) is 2.56. The molecule has 106 valence electrons. The van der Waals surface area contributed by atoms with E-state index in [1.54, 1.807) is 20.1 Å². The number of rotatable bonds is 4. The lowest BCUT2D eigenvalue weighted by Crippen LogP contribution is -2.29. The second-order valence-electron chi connectivity index (χ2n) is 5.12. The minimum Gasteiger partial charge on any atom is -0.490 e. The molecule has 2 rings (SSSR count). The quantitative estimate of drug-likeness (QED) is 0.911. The van der Waals surface area contributed by atoms with Crippen LogP contribution in [0.3, 0.4) is 0 Å². The largest absolute Gasteiger partial charge is 0.490 e. The second-order valence-corrected chi connectivity index (χ2v) is 5.12. The molecule has 0 spiro atoms. The summed E-state index contributed by atoms with van der Waals surface area (Å²) >= 11 is 0. The highest BCUT2D eigenvalue weighted by atomic mass is 19.1. The van der Waals surface area contributed by atoms with Gasteiger partial charge in [-0.1, -0.05) is 0 Å². The second kappa shape index (κ2) is 6.35. The molecule has 1 aliphatic carbocycles. The van der Waals surface area contributed by atoms with Crippen molar-refractivity contribution >= 4 is 0 Å². The third-order valence-corrected chi connectivity index (χ3v) is 3.63. The maximum absolute atomic E-state index is 13.2. The van der Waals surface area contributed by atoms with Crippen LogP contribution in [0.25, 0.3) is 0 Å². The number of aliphatic hydroxyl groups excluding tert-OH is 1. The Morgan fingerprint density at radius 1 is 1.32 bits per heavy atom. The Hall–Kier alpha value is -1.13. The van der Waals surface area contributed by atoms with Gasteiger partial charge < -0.3 is 14.6 Å². The molecule has 0 saturated heterocycles. The predicted octanol–water partition coefficient (Wildman–Crippen LogP) is 3.22. The fourth-order valence-electron chi connectivity index (χ4n) is 2.56. The predicted molar refractivity (Wildman–Crippen MR) is 70.7 cm³/mol. The molecule has 0 amide bonds. The highest BCUT2D eigenvalue weighted by molar-refractivity contribution is 5.35. The smallest absolute Gasteiger partial charge is 0.125 e. The van der Waals surface area contributed by atoms with Crippen molar-refractivity contribution in [1.29, 1.82) is 0 Å². The number of hydrogen-bond donors (Lipinski definition) is 1. The summed E-state index contributed by atoms with van der Waals surface area (Å²) in [6, 6.07) is 4.28. The molecule has 3 nitrogen and oxygen atoms in total. The summed E-state index contributed by atoms with van der Waals surface area (Å²) in [5.41, 5.74) is 0.500. The van der Waals surface area contributed by atoms with Crippen LogP contribution in [0.1, 0.15) is 44.3 Å². The van der Waals surface area contributed by atoms with E-state index in [9.17, 15) is 9.50 Å². The van der Waals surface area contributed by atoms with Crippen LogP contribution in [0.4, 0.5) is 4.39 Å². The Balaban J connectivity index is 2.10. The van der Waals surface area contributed by atoms with Crippen LogP contribution in [0.15, 0.2) is 18.2 Å². The summed E-state index contributed by atoms with van der Waals surface area (Å²) in [4.78, 5) is 0. The molecular weight excluding hydrogens is 247 g/mol. The molecule has 0 heterocycles. The van der Waals surface area contributed by atoms with Crippen molar-refractivity contribution in [2.24, 2.45) is 0 Å². The zero-order valence-electron chi connectivity index (χ0n) is 11.4. The lowest BCUT2D eigenvalue weighted by Gasteiger charge is -2.29. The Morgan fingerprint density at radius 2 is 2.05 bits per heavy atom. The summed E-state index contributed by atoms with van der Waals surface area (Å²) in [5.74, 6) is 0.208. The Bertz CT molecular complexity index is 420. The maximum Gasteiger partial charge on any atom is 0.125 e. The number of benzene rings is 1. The van der Waals surface area contributed by atoms with Gasteiger partial charge >= 0.3 is 0 Å². The minimum absolute atomic E-state index is 0.0710.